The van der Waals surface area contributed by atoms with Gasteiger partial charge in [-0.2, -0.15) is 0 Å². The zero-order valence-electron chi connectivity index (χ0n) is 13.3. The van der Waals surface area contributed by atoms with E-state index in [1.54, 1.807) is 30.2 Å². The van der Waals surface area contributed by atoms with Crippen LogP contribution in [0.5, 0.6) is 5.75 Å². The van der Waals surface area contributed by atoms with Crippen molar-refractivity contribution < 1.29 is 9.53 Å². The van der Waals surface area contributed by atoms with E-state index in [9.17, 15) is 4.79 Å². The van der Waals surface area contributed by atoms with Crippen molar-refractivity contribution in [3.05, 3.63) is 29.3 Å². The standard InChI is InChI=1S/C17H24N2O2/c1-5-15(6-2)19(3)17(20)14-9-10-16(21-4)13(12-14)8-7-11-18/h9-10,12,15H,5-6,11,18H2,1-4H3. The number of benzene rings is 1. The molecule has 0 radical (unpaired) electrons. The lowest BCUT2D eigenvalue weighted by molar-refractivity contribution is 0.0723. The number of carbonyl (C=O) groups excluding carboxylic acids is 1. The van der Waals surface area contributed by atoms with E-state index in [4.69, 9.17) is 10.5 Å². The number of hydrogen-bond donors (Lipinski definition) is 1. The van der Waals surface area contributed by atoms with Crippen LogP contribution in [0, 0.1) is 11.8 Å². The van der Waals surface area contributed by atoms with Gasteiger partial charge in [-0.05, 0) is 31.0 Å². The lowest BCUT2D eigenvalue weighted by Gasteiger charge is -2.26. The van der Waals surface area contributed by atoms with Crippen molar-refractivity contribution in [2.75, 3.05) is 20.7 Å². The highest BCUT2D eigenvalue weighted by Crippen LogP contribution is 2.20. The Kier molecular flexibility index (Phi) is 6.77. The number of carbonyl (C=O) groups is 1. The number of nitrogens with zero attached hydrogens (tertiary/aromatic N) is 1. The fourth-order valence-corrected chi connectivity index (χ4v) is 2.29. The van der Waals surface area contributed by atoms with E-state index in [0.29, 0.717) is 16.9 Å². The molecule has 1 rings (SSSR count). The summed E-state index contributed by atoms with van der Waals surface area (Å²) in [7, 11) is 3.43. The van der Waals surface area contributed by atoms with Crippen molar-refractivity contribution >= 4 is 5.91 Å². The van der Waals surface area contributed by atoms with Gasteiger partial charge in [-0.3, -0.25) is 4.79 Å². The molecule has 1 aromatic carbocycles. The molecule has 0 unspecified atom stereocenters. The molecule has 0 saturated heterocycles. The second kappa shape index (κ2) is 8.33. The van der Waals surface area contributed by atoms with Crippen LogP contribution >= 0.6 is 0 Å². The Bertz CT molecular complexity index is 539. The predicted molar refractivity (Wildman–Crippen MR) is 85.4 cm³/mol. The molecule has 0 bridgehead atoms. The maximum Gasteiger partial charge on any atom is 0.253 e. The minimum atomic E-state index is 0.00199. The molecule has 1 amide bonds. The fraction of sp³-hybridized carbons (Fsp3) is 0.471. The van der Waals surface area contributed by atoms with Gasteiger partial charge in [0.25, 0.3) is 5.91 Å². The quantitative estimate of drug-likeness (QED) is 0.846. The Balaban J connectivity index is 3.10. The Morgan fingerprint density at radius 2 is 2.05 bits per heavy atom. The van der Waals surface area contributed by atoms with Crippen LogP contribution in [-0.2, 0) is 0 Å². The first kappa shape index (κ1) is 17.1. The molecule has 0 saturated carbocycles. The highest BCUT2D eigenvalue weighted by Gasteiger charge is 2.19. The van der Waals surface area contributed by atoms with Crippen molar-refractivity contribution in [3.8, 4) is 17.6 Å². The van der Waals surface area contributed by atoms with Gasteiger partial charge >= 0.3 is 0 Å². The summed E-state index contributed by atoms with van der Waals surface area (Å²) in [6.45, 7) is 4.45. The Morgan fingerprint density at radius 1 is 1.38 bits per heavy atom. The topological polar surface area (TPSA) is 55.6 Å². The molecule has 0 aliphatic rings. The summed E-state index contributed by atoms with van der Waals surface area (Å²) in [4.78, 5) is 14.3. The van der Waals surface area contributed by atoms with Gasteiger partial charge < -0.3 is 15.4 Å². The van der Waals surface area contributed by atoms with Crippen molar-refractivity contribution in [2.24, 2.45) is 5.73 Å². The third-order valence-electron chi connectivity index (χ3n) is 3.58. The fourth-order valence-electron chi connectivity index (χ4n) is 2.29. The molecule has 2 N–H and O–H groups in total. The molecule has 114 valence electrons. The maximum absolute atomic E-state index is 12.5. The van der Waals surface area contributed by atoms with Crippen LogP contribution in [0.4, 0.5) is 0 Å². The van der Waals surface area contributed by atoms with Crippen LogP contribution in [0.15, 0.2) is 18.2 Å². The molecular formula is C17H24N2O2. The summed E-state index contributed by atoms with van der Waals surface area (Å²) in [5.41, 5.74) is 6.70. The van der Waals surface area contributed by atoms with Crippen LogP contribution in [0.3, 0.4) is 0 Å². The van der Waals surface area contributed by atoms with Crippen LogP contribution in [-0.4, -0.2) is 37.6 Å². The van der Waals surface area contributed by atoms with Crippen molar-refractivity contribution in [1.29, 1.82) is 0 Å². The molecule has 0 aliphatic carbocycles. The number of ether oxygens (including phenoxy) is 1. The van der Waals surface area contributed by atoms with E-state index in [2.05, 4.69) is 25.7 Å². The molecule has 0 heterocycles. The monoisotopic (exact) mass is 288 g/mol. The van der Waals surface area contributed by atoms with Gasteiger partial charge in [-0.1, -0.05) is 25.7 Å². The SMILES string of the molecule is CCC(CC)N(C)C(=O)c1ccc(OC)c(C#CCN)c1. The minimum Gasteiger partial charge on any atom is -0.495 e. The number of amides is 1. The molecular weight excluding hydrogens is 264 g/mol. The van der Waals surface area contributed by atoms with Gasteiger partial charge in [0.2, 0.25) is 0 Å². The van der Waals surface area contributed by atoms with E-state index in [0.717, 1.165) is 12.8 Å². The molecule has 0 aromatic heterocycles. The summed E-state index contributed by atoms with van der Waals surface area (Å²) in [6.07, 6.45) is 1.88. The van der Waals surface area contributed by atoms with Gasteiger partial charge in [-0.25, -0.2) is 0 Å². The molecule has 4 heteroatoms. The van der Waals surface area contributed by atoms with Crippen molar-refractivity contribution in [1.82, 2.24) is 4.90 Å². The van der Waals surface area contributed by atoms with E-state index < -0.39 is 0 Å². The third-order valence-corrected chi connectivity index (χ3v) is 3.58. The van der Waals surface area contributed by atoms with Crippen LogP contribution in [0.2, 0.25) is 0 Å². The highest BCUT2D eigenvalue weighted by molar-refractivity contribution is 5.95. The van der Waals surface area contributed by atoms with E-state index in [1.165, 1.54) is 0 Å². The molecule has 0 atom stereocenters. The van der Waals surface area contributed by atoms with Crippen molar-refractivity contribution in [2.45, 2.75) is 32.7 Å². The maximum atomic E-state index is 12.5. The second-order valence-electron chi connectivity index (χ2n) is 4.81. The summed E-state index contributed by atoms with van der Waals surface area (Å²) in [5, 5.41) is 0. The lowest BCUT2D eigenvalue weighted by Crippen LogP contribution is -2.36. The first-order valence-corrected chi connectivity index (χ1v) is 7.23. The van der Waals surface area contributed by atoms with Crippen molar-refractivity contribution in [3.63, 3.8) is 0 Å². The van der Waals surface area contributed by atoms with E-state index >= 15 is 0 Å². The molecule has 0 fully saturated rings. The number of rotatable bonds is 5. The first-order valence-electron chi connectivity index (χ1n) is 7.23. The average Bonchev–Trinajstić information content (AvgIpc) is 2.52. The highest BCUT2D eigenvalue weighted by atomic mass is 16.5. The number of hydrogen-bond acceptors (Lipinski definition) is 3. The third kappa shape index (κ3) is 4.24. The molecule has 0 aliphatic heterocycles. The molecule has 21 heavy (non-hydrogen) atoms. The van der Waals surface area contributed by atoms with E-state index in [1.807, 2.05) is 7.05 Å². The van der Waals surface area contributed by atoms with Crippen LogP contribution in [0.25, 0.3) is 0 Å². The van der Waals surface area contributed by atoms with Gasteiger partial charge in [0.05, 0.1) is 19.2 Å². The number of nitrogens with two attached hydrogens (primary N) is 1. The average molecular weight is 288 g/mol. The zero-order valence-corrected chi connectivity index (χ0v) is 13.3. The Morgan fingerprint density at radius 3 is 2.57 bits per heavy atom. The lowest BCUT2D eigenvalue weighted by atomic mass is 10.1. The smallest absolute Gasteiger partial charge is 0.253 e. The van der Waals surface area contributed by atoms with Gasteiger partial charge in [0.1, 0.15) is 5.75 Å². The van der Waals surface area contributed by atoms with Crippen LogP contribution in [0.1, 0.15) is 42.6 Å². The Hall–Kier alpha value is -1.99. The first-order chi connectivity index (χ1) is 10.1. The van der Waals surface area contributed by atoms with Gasteiger partial charge in [-0.15, -0.1) is 0 Å². The molecule has 0 spiro atoms. The van der Waals surface area contributed by atoms with Gasteiger partial charge in [0.15, 0.2) is 0 Å². The normalized spacial score (nSPS) is 10.0. The summed E-state index contributed by atoms with van der Waals surface area (Å²) >= 11 is 0. The summed E-state index contributed by atoms with van der Waals surface area (Å²) in [5.74, 6) is 6.39. The molecule has 4 nitrogen and oxygen atoms in total. The summed E-state index contributed by atoms with van der Waals surface area (Å²) in [6, 6.07) is 5.56. The second-order valence-corrected chi connectivity index (χ2v) is 4.81. The molecule has 1 aromatic rings. The zero-order chi connectivity index (χ0) is 15.8. The summed E-state index contributed by atoms with van der Waals surface area (Å²) < 4.78 is 5.26. The van der Waals surface area contributed by atoms with Gasteiger partial charge in [0, 0.05) is 18.7 Å². The number of methoxy groups -OCH3 is 1. The van der Waals surface area contributed by atoms with Crippen LogP contribution < -0.4 is 10.5 Å². The van der Waals surface area contributed by atoms with E-state index in [-0.39, 0.29) is 18.5 Å². The Labute approximate surface area is 127 Å². The largest absolute Gasteiger partial charge is 0.495 e. The minimum absolute atomic E-state index is 0.00199. The predicted octanol–water partition coefficient (Wildman–Crippen LogP) is 2.27.